The van der Waals surface area contributed by atoms with E-state index >= 15 is 0 Å². The zero-order valence-electron chi connectivity index (χ0n) is 14.3. The first kappa shape index (κ1) is 16.7. The maximum absolute atomic E-state index is 5.60. The molecule has 3 aromatic rings. The van der Waals surface area contributed by atoms with Gasteiger partial charge < -0.3 is 19.3 Å². The van der Waals surface area contributed by atoms with Crippen LogP contribution in [0.15, 0.2) is 53.2 Å². The Morgan fingerprint density at radius 2 is 2.00 bits per heavy atom. The van der Waals surface area contributed by atoms with Gasteiger partial charge in [-0.2, -0.15) is 4.98 Å². The molecular weight excluding hydrogens is 332 g/mol. The van der Waals surface area contributed by atoms with E-state index in [4.69, 9.17) is 14.0 Å². The summed E-state index contributed by atoms with van der Waals surface area (Å²) < 4.78 is 16.3. The Hall–Kier alpha value is -2.77. The number of pyridine rings is 1. The highest BCUT2D eigenvalue weighted by molar-refractivity contribution is 5.54. The van der Waals surface area contributed by atoms with Gasteiger partial charge in [0.2, 0.25) is 0 Å². The minimum Gasteiger partial charge on any atom is -0.376 e. The number of aromatic nitrogens is 3. The fraction of sp³-hybridized carbons (Fsp3) is 0.316. The number of hydrogen-bond donors (Lipinski definition) is 1. The monoisotopic (exact) mass is 352 g/mol. The quantitative estimate of drug-likeness (QED) is 0.730. The van der Waals surface area contributed by atoms with Gasteiger partial charge >= 0.3 is 0 Å². The molecule has 134 valence electrons. The van der Waals surface area contributed by atoms with Crippen LogP contribution in [-0.4, -0.2) is 47.6 Å². The number of ether oxygens (including phenoxy) is 2. The zero-order valence-corrected chi connectivity index (χ0v) is 14.3. The standard InChI is InChI=1S/C19H20N4O3/c1-2-4-14(5-3-1)10-18-22-19(26-23-18)15-6-7-17(20-11-15)21-12-16-13-24-8-9-25-16/h1-7,11,16H,8-10,12-13H2,(H,20,21)/t16-/m1/s1. The van der Waals surface area contributed by atoms with Crippen molar-refractivity contribution in [3.05, 3.63) is 60.0 Å². The second kappa shape index (κ2) is 8.07. The molecule has 1 aliphatic rings. The van der Waals surface area contributed by atoms with Crippen molar-refractivity contribution in [2.75, 3.05) is 31.7 Å². The van der Waals surface area contributed by atoms with Crippen LogP contribution in [0.2, 0.25) is 0 Å². The fourth-order valence-corrected chi connectivity index (χ4v) is 2.72. The summed E-state index contributed by atoms with van der Waals surface area (Å²) in [6.07, 6.45) is 2.42. The van der Waals surface area contributed by atoms with E-state index in [9.17, 15) is 0 Å². The van der Waals surface area contributed by atoms with Gasteiger partial charge in [0.25, 0.3) is 5.89 Å². The summed E-state index contributed by atoms with van der Waals surface area (Å²) in [6.45, 7) is 2.58. The summed E-state index contributed by atoms with van der Waals surface area (Å²) >= 11 is 0. The average Bonchev–Trinajstić information content (AvgIpc) is 3.17. The van der Waals surface area contributed by atoms with Crippen molar-refractivity contribution < 1.29 is 14.0 Å². The highest BCUT2D eigenvalue weighted by atomic mass is 16.6. The van der Waals surface area contributed by atoms with Crippen LogP contribution in [0.5, 0.6) is 0 Å². The lowest BCUT2D eigenvalue weighted by Crippen LogP contribution is -2.34. The number of benzene rings is 1. The molecule has 1 atom stereocenters. The summed E-state index contributed by atoms with van der Waals surface area (Å²) in [5, 5.41) is 7.30. The number of rotatable bonds is 6. The Morgan fingerprint density at radius 3 is 2.77 bits per heavy atom. The van der Waals surface area contributed by atoms with Crippen LogP contribution in [-0.2, 0) is 15.9 Å². The summed E-state index contributed by atoms with van der Waals surface area (Å²) in [5.74, 6) is 1.90. The molecule has 3 heterocycles. The van der Waals surface area contributed by atoms with E-state index in [0.717, 1.165) is 16.9 Å². The normalized spacial score (nSPS) is 17.2. The summed E-state index contributed by atoms with van der Waals surface area (Å²) in [5.41, 5.74) is 1.94. The third-order valence-electron chi connectivity index (χ3n) is 4.08. The molecule has 0 saturated carbocycles. The summed E-state index contributed by atoms with van der Waals surface area (Å²) in [4.78, 5) is 8.85. The van der Waals surface area contributed by atoms with Crippen LogP contribution in [0, 0.1) is 0 Å². The number of anilines is 1. The molecule has 0 radical (unpaired) electrons. The first-order chi connectivity index (χ1) is 12.9. The predicted octanol–water partition coefficient (Wildman–Crippen LogP) is 2.55. The molecule has 1 aromatic carbocycles. The molecule has 0 amide bonds. The van der Waals surface area contributed by atoms with Gasteiger partial charge in [-0.1, -0.05) is 35.5 Å². The molecule has 1 aliphatic heterocycles. The van der Waals surface area contributed by atoms with Crippen molar-refractivity contribution in [2.24, 2.45) is 0 Å². The van der Waals surface area contributed by atoms with E-state index < -0.39 is 0 Å². The van der Waals surface area contributed by atoms with Crippen molar-refractivity contribution in [1.82, 2.24) is 15.1 Å². The lowest BCUT2D eigenvalue weighted by atomic mass is 10.1. The van der Waals surface area contributed by atoms with Crippen LogP contribution < -0.4 is 5.32 Å². The SMILES string of the molecule is c1ccc(Cc2noc(-c3ccc(NC[C@@H]4COCCO4)nc3)n2)cc1. The Kier molecular flexibility index (Phi) is 5.18. The van der Waals surface area contributed by atoms with Crippen LogP contribution in [0.25, 0.3) is 11.5 Å². The predicted molar refractivity (Wildman–Crippen MR) is 95.8 cm³/mol. The Balaban J connectivity index is 1.36. The van der Waals surface area contributed by atoms with Crippen molar-refractivity contribution in [3.8, 4) is 11.5 Å². The molecule has 7 heteroatoms. The van der Waals surface area contributed by atoms with Gasteiger partial charge in [0.1, 0.15) is 5.82 Å². The first-order valence-electron chi connectivity index (χ1n) is 8.63. The smallest absolute Gasteiger partial charge is 0.259 e. The first-order valence-corrected chi connectivity index (χ1v) is 8.63. The van der Waals surface area contributed by atoms with E-state index in [1.54, 1.807) is 6.20 Å². The molecule has 26 heavy (non-hydrogen) atoms. The molecule has 0 spiro atoms. The van der Waals surface area contributed by atoms with Crippen LogP contribution in [0.1, 0.15) is 11.4 Å². The van der Waals surface area contributed by atoms with Crippen molar-refractivity contribution in [3.63, 3.8) is 0 Å². The second-order valence-corrected chi connectivity index (χ2v) is 6.06. The van der Waals surface area contributed by atoms with E-state index in [2.05, 4.69) is 20.4 Å². The number of nitrogens with zero attached hydrogens (tertiary/aromatic N) is 3. The van der Waals surface area contributed by atoms with Crippen molar-refractivity contribution in [1.29, 1.82) is 0 Å². The molecule has 2 aromatic heterocycles. The highest BCUT2D eigenvalue weighted by Gasteiger charge is 2.14. The van der Waals surface area contributed by atoms with Gasteiger partial charge in [0, 0.05) is 19.2 Å². The molecule has 1 fully saturated rings. The molecule has 0 aliphatic carbocycles. The molecule has 7 nitrogen and oxygen atoms in total. The van der Waals surface area contributed by atoms with Gasteiger partial charge in [0.05, 0.1) is 31.5 Å². The van der Waals surface area contributed by atoms with Gasteiger partial charge in [0.15, 0.2) is 5.82 Å². The van der Waals surface area contributed by atoms with E-state index in [-0.39, 0.29) is 6.10 Å². The highest BCUT2D eigenvalue weighted by Crippen LogP contribution is 2.18. The average molecular weight is 352 g/mol. The van der Waals surface area contributed by atoms with E-state index in [1.807, 2.05) is 42.5 Å². The number of nitrogens with one attached hydrogen (secondary N) is 1. The van der Waals surface area contributed by atoms with Crippen LogP contribution >= 0.6 is 0 Å². The maximum Gasteiger partial charge on any atom is 0.259 e. The summed E-state index contributed by atoms with van der Waals surface area (Å²) in [6, 6.07) is 13.9. The molecule has 0 unspecified atom stereocenters. The summed E-state index contributed by atoms with van der Waals surface area (Å²) in [7, 11) is 0. The fourth-order valence-electron chi connectivity index (χ4n) is 2.72. The van der Waals surface area contributed by atoms with E-state index in [1.165, 1.54) is 0 Å². The van der Waals surface area contributed by atoms with Gasteiger partial charge in [-0.25, -0.2) is 4.98 Å². The lowest BCUT2D eigenvalue weighted by molar-refractivity contribution is -0.0819. The number of hydrogen-bond acceptors (Lipinski definition) is 7. The Bertz CT molecular complexity index is 814. The molecular formula is C19H20N4O3. The van der Waals surface area contributed by atoms with Gasteiger partial charge in [-0.05, 0) is 17.7 Å². The van der Waals surface area contributed by atoms with Crippen LogP contribution in [0.4, 0.5) is 5.82 Å². The Morgan fingerprint density at radius 1 is 1.08 bits per heavy atom. The van der Waals surface area contributed by atoms with Gasteiger partial charge in [-0.15, -0.1) is 0 Å². The molecule has 1 N–H and O–H groups in total. The maximum atomic E-state index is 5.60. The third-order valence-corrected chi connectivity index (χ3v) is 4.08. The van der Waals surface area contributed by atoms with Gasteiger partial charge in [-0.3, -0.25) is 0 Å². The third kappa shape index (κ3) is 4.25. The van der Waals surface area contributed by atoms with Crippen molar-refractivity contribution >= 4 is 5.82 Å². The lowest BCUT2D eigenvalue weighted by Gasteiger charge is -2.23. The zero-order chi connectivity index (χ0) is 17.6. The minimum absolute atomic E-state index is 0.0571. The molecule has 1 saturated heterocycles. The van der Waals surface area contributed by atoms with Crippen molar-refractivity contribution in [2.45, 2.75) is 12.5 Å². The second-order valence-electron chi connectivity index (χ2n) is 6.06. The minimum atomic E-state index is 0.0571. The van der Waals surface area contributed by atoms with E-state index in [0.29, 0.717) is 44.5 Å². The van der Waals surface area contributed by atoms with Crippen LogP contribution in [0.3, 0.4) is 0 Å². The largest absolute Gasteiger partial charge is 0.376 e. The molecule has 0 bridgehead atoms. The topological polar surface area (TPSA) is 82.3 Å². The Labute approximate surface area is 151 Å². The molecule has 4 rings (SSSR count).